The molecule has 0 spiro atoms. The SMILES string of the molecule is C[C@H](N)c1cccc(F)c1F.Cl. The summed E-state index contributed by atoms with van der Waals surface area (Å²) in [7, 11) is 0. The molecule has 0 saturated carbocycles. The molecule has 0 fully saturated rings. The van der Waals surface area contributed by atoms with E-state index in [9.17, 15) is 8.78 Å². The highest BCUT2D eigenvalue weighted by molar-refractivity contribution is 5.85. The summed E-state index contributed by atoms with van der Waals surface area (Å²) in [5.41, 5.74) is 5.59. The Labute approximate surface area is 76.0 Å². The van der Waals surface area contributed by atoms with Crippen molar-refractivity contribution in [1.29, 1.82) is 0 Å². The van der Waals surface area contributed by atoms with Gasteiger partial charge in [0.2, 0.25) is 0 Å². The summed E-state index contributed by atoms with van der Waals surface area (Å²) in [5, 5.41) is 0. The molecule has 68 valence electrons. The lowest BCUT2D eigenvalue weighted by molar-refractivity contribution is 0.492. The quantitative estimate of drug-likeness (QED) is 0.728. The van der Waals surface area contributed by atoms with Crippen LogP contribution < -0.4 is 5.73 Å². The van der Waals surface area contributed by atoms with Gasteiger partial charge < -0.3 is 5.73 Å². The summed E-state index contributed by atoms with van der Waals surface area (Å²) in [4.78, 5) is 0. The van der Waals surface area contributed by atoms with Gasteiger partial charge in [-0.3, -0.25) is 0 Å². The van der Waals surface area contributed by atoms with E-state index < -0.39 is 17.7 Å². The van der Waals surface area contributed by atoms with Crippen molar-refractivity contribution in [1.82, 2.24) is 0 Å². The number of nitrogens with two attached hydrogens (primary N) is 1. The van der Waals surface area contributed by atoms with E-state index in [-0.39, 0.29) is 18.0 Å². The van der Waals surface area contributed by atoms with E-state index in [1.54, 1.807) is 6.92 Å². The highest BCUT2D eigenvalue weighted by Gasteiger charge is 2.09. The molecular weight excluding hydrogens is 184 g/mol. The van der Waals surface area contributed by atoms with Crippen LogP contribution in [0.15, 0.2) is 18.2 Å². The molecule has 0 saturated heterocycles. The molecular formula is C8H10ClF2N. The first-order valence-electron chi connectivity index (χ1n) is 3.32. The maximum Gasteiger partial charge on any atom is 0.163 e. The lowest BCUT2D eigenvalue weighted by Crippen LogP contribution is -2.08. The third-order valence-corrected chi connectivity index (χ3v) is 1.47. The van der Waals surface area contributed by atoms with Crippen molar-refractivity contribution in [2.24, 2.45) is 5.73 Å². The molecule has 12 heavy (non-hydrogen) atoms. The fraction of sp³-hybridized carbons (Fsp3) is 0.250. The zero-order chi connectivity index (χ0) is 8.43. The monoisotopic (exact) mass is 193 g/mol. The van der Waals surface area contributed by atoms with Crippen LogP contribution in [0.25, 0.3) is 0 Å². The molecule has 0 bridgehead atoms. The molecule has 0 heterocycles. The summed E-state index contributed by atoms with van der Waals surface area (Å²) in [6, 6.07) is 3.52. The van der Waals surface area contributed by atoms with Gasteiger partial charge in [0.05, 0.1) is 0 Å². The molecule has 0 aliphatic rings. The topological polar surface area (TPSA) is 26.0 Å². The number of halogens is 3. The molecule has 1 aromatic carbocycles. The summed E-state index contributed by atoms with van der Waals surface area (Å²) >= 11 is 0. The lowest BCUT2D eigenvalue weighted by Gasteiger charge is -2.06. The fourth-order valence-electron chi connectivity index (χ4n) is 0.872. The molecule has 0 aromatic heterocycles. The standard InChI is InChI=1S/C8H9F2N.ClH/c1-5(11)6-3-2-4-7(9)8(6)10;/h2-5H,11H2,1H3;1H/t5-;/m0./s1. The Kier molecular flexibility index (Phi) is 4.13. The van der Waals surface area contributed by atoms with Gasteiger partial charge in [-0.25, -0.2) is 8.78 Å². The Morgan fingerprint density at radius 3 is 2.33 bits per heavy atom. The van der Waals surface area contributed by atoms with Gasteiger partial charge in [-0.2, -0.15) is 0 Å². The third-order valence-electron chi connectivity index (χ3n) is 1.47. The Morgan fingerprint density at radius 1 is 1.33 bits per heavy atom. The minimum atomic E-state index is -0.847. The van der Waals surface area contributed by atoms with Crippen LogP contribution in [-0.2, 0) is 0 Å². The van der Waals surface area contributed by atoms with Gasteiger partial charge in [-0.1, -0.05) is 12.1 Å². The maximum absolute atomic E-state index is 12.8. The van der Waals surface area contributed by atoms with Crippen molar-refractivity contribution in [3.63, 3.8) is 0 Å². The molecule has 0 amide bonds. The van der Waals surface area contributed by atoms with Crippen molar-refractivity contribution < 1.29 is 8.78 Å². The van der Waals surface area contributed by atoms with E-state index in [2.05, 4.69) is 0 Å². The number of benzene rings is 1. The summed E-state index contributed by atoms with van der Waals surface area (Å²) in [6.45, 7) is 1.61. The zero-order valence-electron chi connectivity index (χ0n) is 6.55. The van der Waals surface area contributed by atoms with Crippen LogP contribution in [0.1, 0.15) is 18.5 Å². The largest absolute Gasteiger partial charge is 0.324 e. The predicted molar refractivity (Wildman–Crippen MR) is 46.2 cm³/mol. The van der Waals surface area contributed by atoms with Crippen LogP contribution in [0, 0.1) is 11.6 Å². The van der Waals surface area contributed by atoms with Gasteiger partial charge in [-0.15, -0.1) is 12.4 Å². The van der Waals surface area contributed by atoms with E-state index in [1.165, 1.54) is 12.1 Å². The molecule has 0 aliphatic carbocycles. The average molecular weight is 194 g/mol. The predicted octanol–water partition coefficient (Wildman–Crippen LogP) is 2.41. The van der Waals surface area contributed by atoms with Crippen LogP contribution in [0.5, 0.6) is 0 Å². The molecule has 0 unspecified atom stereocenters. The van der Waals surface area contributed by atoms with Crippen molar-refractivity contribution in [3.8, 4) is 0 Å². The van der Waals surface area contributed by atoms with Crippen molar-refractivity contribution in [2.45, 2.75) is 13.0 Å². The van der Waals surface area contributed by atoms with Crippen LogP contribution >= 0.6 is 12.4 Å². The fourth-order valence-corrected chi connectivity index (χ4v) is 0.872. The van der Waals surface area contributed by atoms with Crippen LogP contribution in [0.3, 0.4) is 0 Å². The molecule has 4 heteroatoms. The van der Waals surface area contributed by atoms with Gasteiger partial charge >= 0.3 is 0 Å². The summed E-state index contributed by atoms with van der Waals surface area (Å²) in [5.74, 6) is -1.69. The minimum Gasteiger partial charge on any atom is -0.324 e. The van der Waals surface area contributed by atoms with E-state index in [1.807, 2.05) is 0 Å². The lowest BCUT2D eigenvalue weighted by atomic mass is 10.1. The molecule has 1 atom stereocenters. The van der Waals surface area contributed by atoms with Gasteiger partial charge in [-0.05, 0) is 13.0 Å². The smallest absolute Gasteiger partial charge is 0.163 e. The van der Waals surface area contributed by atoms with Gasteiger partial charge in [0, 0.05) is 11.6 Å². The van der Waals surface area contributed by atoms with E-state index in [0.717, 1.165) is 6.07 Å². The van der Waals surface area contributed by atoms with E-state index in [0.29, 0.717) is 0 Å². The third kappa shape index (κ3) is 2.16. The van der Waals surface area contributed by atoms with Crippen molar-refractivity contribution >= 4 is 12.4 Å². The number of hydrogen-bond donors (Lipinski definition) is 1. The van der Waals surface area contributed by atoms with Crippen molar-refractivity contribution in [3.05, 3.63) is 35.4 Å². The van der Waals surface area contributed by atoms with Crippen LogP contribution in [0.4, 0.5) is 8.78 Å². The summed E-state index contributed by atoms with van der Waals surface area (Å²) in [6.07, 6.45) is 0. The molecule has 1 nitrogen and oxygen atoms in total. The highest BCUT2D eigenvalue weighted by Crippen LogP contribution is 2.16. The first kappa shape index (κ1) is 11.3. The molecule has 1 rings (SSSR count). The molecule has 1 aromatic rings. The normalized spacial score (nSPS) is 12.0. The van der Waals surface area contributed by atoms with Gasteiger partial charge in [0.25, 0.3) is 0 Å². The maximum atomic E-state index is 12.8. The van der Waals surface area contributed by atoms with E-state index >= 15 is 0 Å². The average Bonchev–Trinajstić information content (AvgIpc) is 1.94. The Bertz CT molecular complexity index is 263. The highest BCUT2D eigenvalue weighted by atomic mass is 35.5. The van der Waals surface area contributed by atoms with Crippen LogP contribution in [0.2, 0.25) is 0 Å². The second-order valence-corrected chi connectivity index (χ2v) is 2.43. The number of hydrogen-bond acceptors (Lipinski definition) is 1. The Hall–Kier alpha value is -0.670. The van der Waals surface area contributed by atoms with Crippen LogP contribution in [-0.4, -0.2) is 0 Å². The minimum absolute atomic E-state index is 0. The second kappa shape index (κ2) is 4.38. The van der Waals surface area contributed by atoms with Crippen molar-refractivity contribution in [2.75, 3.05) is 0 Å². The second-order valence-electron chi connectivity index (χ2n) is 2.43. The molecule has 2 N–H and O–H groups in total. The first-order chi connectivity index (χ1) is 5.13. The van der Waals surface area contributed by atoms with Gasteiger partial charge in [0.1, 0.15) is 0 Å². The van der Waals surface area contributed by atoms with Gasteiger partial charge in [0.15, 0.2) is 11.6 Å². The summed E-state index contributed by atoms with van der Waals surface area (Å²) < 4.78 is 25.3. The number of rotatable bonds is 1. The molecule has 0 aliphatic heterocycles. The van der Waals surface area contributed by atoms with E-state index in [4.69, 9.17) is 5.73 Å². The Balaban J connectivity index is 0.00000121. The first-order valence-corrected chi connectivity index (χ1v) is 3.32. The zero-order valence-corrected chi connectivity index (χ0v) is 7.37. The Morgan fingerprint density at radius 2 is 1.92 bits per heavy atom. The molecule has 0 radical (unpaired) electrons.